The Kier molecular flexibility index (Phi) is 3.79. The molecule has 0 unspecified atom stereocenters. The van der Waals surface area contributed by atoms with Gasteiger partial charge in [-0.1, -0.05) is 33.8 Å². The summed E-state index contributed by atoms with van der Waals surface area (Å²) in [7, 11) is 1.84. The number of nitrogens with one attached hydrogen (secondary N) is 1. The second-order valence-corrected chi connectivity index (χ2v) is 5.06. The summed E-state index contributed by atoms with van der Waals surface area (Å²) >= 11 is 5.06. The van der Waals surface area contributed by atoms with Crippen molar-refractivity contribution in [2.45, 2.75) is 9.92 Å². The minimum atomic E-state index is 0.826. The molecule has 0 aliphatic rings. The summed E-state index contributed by atoms with van der Waals surface area (Å²) in [6.45, 7) is 0. The van der Waals surface area contributed by atoms with E-state index in [4.69, 9.17) is 0 Å². The lowest BCUT2D eigenvalue weighted by Crippen LogP contribution is -1.93. The molecule has 0 fully saturated rings. The summed E-state index contributed by atoms with van der Waals surface area (Å²) in [5, 5.41) is 3.92. The lowest BCUT2D eigenvalue weighted by Gasteiger charge is -2.03. The molecule has 3 nitrogen and oxygen atoms in total. The molecule has 0 amide bonds. The van der Waals surface area contributed by atoms with Gasteiger partial charge in [0.2, 0.25) is 0 Å². The summed E-state index contributed by atoms with van der Waals surface area (Å²) in [4.78, 5) is 9.43. The molecule has 0 spiro atoms. The number of nitrogens with zero attached hydrogens (tertiary/aromatic N) is 2. The molecule has 0 atom stereocenters. The molecule has 0 saturated heterocycles. The van der Waals surface area contributed by atoms with Crippen LogP contribution >= 0.6 is 27.7 Å². The summed E-state index contributed by atoms with van der Waals surface area (Å²) in [6, 6.07) is 10.0. The van der Waals surface area contributed by atoms with Gasteiger partial charge in [-0.05, 0) is 18.2 Å². The van der Waals surface area contributed by atoms with Crippen LogP contribution in [0.3, 0.4) is 0 Å². The third-order valence-corrected chi connectivity index (χ3v) is 3.33. The van der Waals surface area contributed by atoms with E-state index in [0.29, 0.717) is 0 Å². The van der Waals surface area contributed by atoms with Gasteiger partial charge in [0.05, 0.1) is 0 Å². The van der Waals surface area contributed by atoms with Gasteiger partial charge in [-0.25, -0.2) is 9.97 Å². The van der Waals surface area contributed by atoms with Crippen LogP contribution in [-0.2, 0) is 0 Å². The van der Waals surface area contributed by atoms with Crippen molar-refractivity contribution >= 4 is 33.5 Å². The van der Waals surface area contributed by atoms with Gasteiger partial charge < -0.3 is 5.32 Å². The fraction of sp³-hybridized carbons (Fsp3) is 0.0909. The maximum atomic E-state index is 4.21. The molecule has 16 heavy (non-hydrogen) atoms. The SMILES string of the molecule is CNc1cc(Sc2cccc(Br)c2)ncn1. The van der Waals surface area contributed by atoms with Gasteiger partial charge in [-0.2, -0.15) is 0 Å². The van der Waals surface area contributed by atoms with Crippen molar-refractivity contribution in [1.29, 1.82) is 0 Å². The van der Waals surface area contributed by atoms with Gasteiger partial charge in [-0.15, -0.1) is 0 Å². The Balaban J connectivity index is 2.20. The van der Waals surface area contributed by atoms with E-state index in [9.17, 15) is 0 Å². The second kappa shape index (κ2) is 5.32. The highest BCUT2D eigenvalue weighted by Crippen LogP contribution is 2.28. The molecule has 1 N–H and O–H groups in total. The predicted octanol–water partition coefficient (Wildman–Crippen LogP) is 3.43. The third kappa shape index (κ3) is 2.96. The van der Waals surface area contributed by atoms with E-state index in [-0.39, 0.29) is 0 Å². The van der Waals surface area contributed by atoms with Gasteiger partial charge in [0, 0.05) is 22.5 Å². The molecular formula is C11H10BrN3S. The standard InChI is InChI=1S/C11H10BrN3S/c1-13-10-6-11(15-7-14-10)16-9-4-2-3-8(12)5-9/h2-7H,1H3,(H,13,14,15). The Morgan fingerprint density at radius 2 is 2.12 bits per heavy atom. The zero-order chi connectivity index (χ0) is 11.4. The normalized spacial score (nSPS) is 10.1. The molecule has 2 aromatic rings. The quantitative estimate of drug-likeness (QED) is 0.881. The molecule has 1 heterocycles. The van der Waals surface area contributed by atoms with E-state index in [1.807, 2.05) is 25.2 Å². The van der Waals surface area contributed by atoms with Crippen LogP contribution in [-0.4, -0.2) is 17.0 Å². The molecule has 82 valence electrons. The largest absolute Gasteiger partial charge is 0.373 e. The van der Waals surface area contributed by atoms with Gasteiger partial charge in [-0.3, -0.25) is 0 Å². The van der Waals surface area contributed by atoms with E-state index in [1.165, 1.54) is 0 Å². The first-order valence-electron chi connectivity index (χ1n) is 4.71. The van der Waals surface area contributed by atoms with Crippen molar-refractivity contribution in [2.24, 2.45) is 0 Å². The van der Waals surface area contributed by atoms with Crippen LogP contribution in [0.1, 0.15) is 0 Å². The predicted molar refractivity (Wildman–Crippen MR) is 69.8 cm³/mol. The maximum Gasteiger partial charge on any atom is 0.130 e. The van der Waals surface area contributed by atoms with Crippen LogP contribution in [0.4, 0.5) is 5.82 Å². The third-order valence-electron chi connectivity index (χ3n) is 1.92. The Morgan fingerprint density at radius 1 is 1.25 bits per heavy atom. The lowest BCUT2D eigenvalue weighted by molar-refractivity contribution is 1.05. The first kappa shape index (κ1) is 11.4. The first-order valence-corrected chi connectivity index (χ1v) is 6.32. The van der Waals surface area contributed by atoms with Crippen LogP contribution in [0.2, 0.25) is 0 Å². The number of halogens is 1. The fourth-order valence-electron chi connectivity index (χ4n) is 1.18. The molecular weight excluding hydrogens is 286 g/mol. The van der Waals surface area contributed by atoms with Crippen molar-refractivity contribution in [3.05, 3.63) is 41.1 Å². The zero-order valence-corrected chi connectivity index (χ0v) is 11.0. The monoisotopic (exact) mass is 295 g/mol. The Morgan fingerprint density at radius 3 is 2.88 bits per heavy atom. The van der Waals surface area contributed by atoms with E-state index >= 15 is 0 Å². The molecule has 1 aromatic heterocycles. The van der Waals surface area contributed by atoms with Gasteiger partial charge in [0.15, 0.2) is 0 Å². The van der Waals surface area contributed by atoms with Crippen molar-refractivity contribution in [3.63, 3.8) is 0 Å². The van der Waals surface area contributed by atoms with Gasteiger partial charge >= 0.3 is 0 Å². The molecule has 0 aliphatic heterocycles. The van der Waals surface area contributed by atoms with Crippen LogP contribution < -0.4 is 5.32 Å². The first-order chi connectivity index (χ1) is 7.78. The van der Waals surface area contributed by atoms with E-state index in [2.05, 4.69) is 43.3 Å². The van der Waals surface area contributed by atoms with Crippen LogP contribution in [0.5, 0.6) is 0 Å². The van der Waals surface area contributed by atoms with Crippen molar-refractivity contribution in [3.8, 4) is 0 Å². The Hall–Kier alpha value is -1.07. The van der Waals surface area contributed by atoms with Crippen LogP contribution in [0.25, 0.3) is 0 Å². The molecule has 0 radical (unpaired) electrons. The molecule has 2 rings (SSSR count). The van der Waals surface area contributed by atoms with E-state index in [0.717, 1.165) is 20.2 Å². The zero-order valence-electron chi connectivity index (χ0n) is 8.64. The molecule has 0 aliphatic carbocycles. The maximum absolute atomic E-state index is 4.21. The number of aromatic nitrogens is 2. The highest BCUT2D eigenvalue weighted by Gasteiger charge is 2.00. The van der Waals surface area contributed by atoms with E-state index < -0.39 is 0 Å². The highest BCUT2D eigenvalue weighted by molar-refractivity contribution is 9.10. The number of anilines is 1. The topological polar surface area (TPSA) is 37.8 Å². The Labute approximate surface area is 107 Å². The van der Waals surface area contributed by atoms with Crippen molar-refractivity contribution in [2.75, 3.05) is 12.4 Å². The molecule has 1 aromatic carbocycles. The number of benzene rings is 1. The smallest absolute Gasteiger partial charge is 0.130 e. The Bertz CT molecular complexity index is 490. The summed E-state index contributed by atoms with van der Waals surface area (Å²) in [5.74, 6) is 0.826. The molecule has 0 saturated carbocycles. The lowest BCUT2D eigenvalue weighted by atomic mass is 10.4. The number of hydrogen-bond acceptors (Lipinski definition) is 4. The summed E-state index contributed by atoms with van der Waals surface area (Å²) in [5.41, 5.74) is 0. The van der Waals surface area contributed by atoms with E-state index in [1.54, 1.807) is 18.1 Å². The van der Waals surface area contributed by atoms with Gasteiger partial charge in [0.25, 0.3) is 0 Å². The average Bonchev–Trinajstić information content (AvgIpc) is 2.29. The van der Waals surface area contributed by atoms with Gasteiger partial charge in [0.1, 0.15) is 17.2 Å². The summed E-state index contributed by atoms with van der Waals surface area (Å²) < 4.78 is 1.07. The summed E-state index contributed by atoms with van der Waals surface area (Å²) in [6.07, 6.45) is 1.56. The molecule has 0 bridgehead atoms. The highest BCUT2D eigenvalue weighted by atomic mass is 79.9. The average molecular weight is 296 g/mol. The number of hydrogen-bond donors (Lipinski definition) is 1. The minimum Gasteiger partial charge on any atom is -0.373 e. The second-order valence-electron chi connectivity index (χ2n) is 3.05. The van der Waals surface area contributed by atoms with Crippen LogP contribution in [0.15, 0.2) is 51.1 Å². The van der Waals surface area contributed by atoms with Crippen LogP contribution in [0, 0.1) is 0 Å². The minimum absolute atomic E-state index is 0.826. The molecule has 5 heteroatoms. The number of rotatable bonds is 3. The van der Waals surface area contributed by atoms with Crippen molar-refractivity contribution in [1.82, 2.24) is 9.97 Å². The van der Waals surface area contributed by atoms with Crippen molar-refractivity contribution < 1.29 is 0 Å². The fourth-order valence-corrected chi connectivity index (χ4v) is 2.58.